The lowest BCUT2D eigenvalue weighted by Gasteiger charge is -2.08. The van der Waals surface area contributed by atoms with E-state index < -0.39 is 0 Å². The number of hydrogen-bond acceptors (Lipinski definition) is 3. The zero-order valence-corrected chi connectivity index (χ0v) is 8.14. The molecule has 14 heavy (non-hydrogen) atoms. The van der Waals surface area contributed by atoms with Gasteiger partial charge in [-0.1, -0.05) is 30.3 Å². The van der Waals surface area contributed by atoms with Gasteiger partial charge in [0.1, 0.15) is 0 Å². The van der Waals surface area contributed by atoms with Gasteiger partial charge in [-0.05, 0) is 12.5 Å². The summed E-state index contributed by atoms with van der Waals surface area (Å²) in [5, 5.41) is 13.3. The third-order valence-corrected chi connectivity index (χ3v) is 1.92. The molecule has 1 atom stereocenters. The van der Waals surface area contributed by atoms with Crippen molar-refractivity contribution >= 4 is 0 Å². The summed E-state index contributed by atoms with van der Waals surface area (Å²) in [6.45, 7) is 2.45. The van der Waals surface area contributed by atoms with Crippen molar-refractivity contribution < 1.29 is 4.92 Å². The maximum Gasteiger partial charge on any atom is 0.218 e. The second-order valence-corrected chi connectivity index (χ2v) is 3.28. The highest BCUT2D eigenvalue weighted by Crippen LogP contribution is 1.98. The van der Waals surface area contributed by atoms with E-state index in [9.17, 15) is 10.1 Å². The Hall–Kier alpha value is -1.42. The summed E-state index contributed by atoms with van der Waals surface area (Å²) in [6.07, 6.45) is 0. The van der Waals surface area contributed by atoms with Gasteiger partial charge in [0.15, 0.2) is 0 Å². The number of nitrogens with one attached hydrogen (secondary N) is 1. The molecule has 0 aromatic heterocycles. The van der Waals surface area contributed by atoms with E-state index in [1.807, 2.05) is 37.3 Å². The molecule has 0 aliphatic heterocycles. The predicted molar refractivity (Wildman–Crippen MR) is 54.6 cm³/mol. The predicted octanol–water partition coefficient (Wildman–Crippen LogP) is 1.44. The Labute approximate surface area is 83.1 Å². The molecule has 0 bridgehead atoms. The smallest absolute Gasteiger partial charge is 0.218 e. The molecule has 0 aliphatic rings. The van der Waals surface area contributed by atoms with Gasteiger partial charge in [-0.15, -0.1) is 0 Å². The van der Waals surface area contributed by atoms with Crippen molar-refractivity contribution in [3.05, 3.63) is 46.0 Å². The molecule has 0 spiro atoms. The van der Waals surface area contributed by atoms with E-state index in [4.69, 9.17) is 0 Å². The maximum atomic E-state index is 10.2. The summed E-state index contributed by atoms with van der Waals surface area (Å²) in [5.41, 5.74) is 1.14. The Morgan fingerprint density at radius 2 is 2.07 bits per heavy atom. The number of benzene rings is 1. The van der Waals surface area contributed by atoms with Crippen molar-refractivity contribution in [2.75, 3.05) is 6.54 Å². The molecule has 1 unspecified atom stereocenters. The van der Waals surface area contributed by atoms with Crippen LogP contribution in [0.1, 0.15) is 12.5 Å². The molecule has 76 valence electrons. The molecule has 1 rings (SSSR count). The Morgan fingerprint density at radius 1 is 1.43 bits per heavy atom. The van der Waals surface area contributed by atoms with Gasteiger partial charge in [0.2, 0.25) is 6.54 Å². The van der Waals surface area contributed by atoms with Crippen LogP contribution in [-0.4, -0.2) is 17.5 Å². The van der Waals surface area contributed by atoms with Gasteiger partial charge in [-0.25, -0.2) is 0 Å². The number of rotatable bonds is 5. The van der Waals surface area contributed by atoms with Gasteiger partial charge in [-0.3, -0.25) is 10.1 Å². The maximum absolute atomic E-state index is 10.2. The molecule has 1 N–H and O–H groups in total. The quantitative estimate of drug-likeness (QED) is 0.570. The van der Waals surface area contributed by atoms with Gasteiger partial charge in [0, 0.05) is 11.5 Å². The van der Waals surface area contributed by atoms with Crippen LogP contribution < -0.4 is 5.32 Å². The molecule has 1 aromatic carbocycles. The fraction of sp³-hybridized carbons (Fsp3) is 0.400. The number of nitro groups is 1. The molecule has 0 heterocycles. The first-order chi connectivity index (χ1) is 6.68. The van der Waals surface area contributed by atoms with Crippen molar-refractivity contribution in [2.24, 2.45) is 0 Å². The highest BCUT2D eigenvalue weighted by atomic mass is 16.6. The topological polar surface area (TPSA) is 55.2 Å². The van der Waals surface area contributed by atoms with Gasteiger partial charge >= 0.3 is 0 Å². The largest absolute Gasteiger partial charge is 0.304 e. The number of nitrogens with zero attached hydrogens (tertiary/aromatic N) is 1. The SMILES string of the molecule is CC(C[N+](=O)[O-])NCc1ccccc1. The standard InChI is InChI=1S/C10H14N2O2/c1-9(8-12(13)14)11-7-10-5-3-2-4-6-10/h2-6,9,11H,7-8H2,1H3. The van der Waals surface area contributed by atoms with Gasteiger partial charge in [0.25, 0.3) is 0 Å². The Bertz CT molecular complexity index is 287. The molecule has 0 fully saturated rings. The van der Waals surface area contributed by atoms with Crippen LogP contribution in [0.3, 0.4) is 0 Å². The lowest BCUT2D eigenvalue weighted by atomic mass is 10.2. The molecule has 0 radical (unpaired) electrons. The van der Waals surface area contributed by atoms with Crippen molar-refractivity contribution in [3.63, 3.8) is 0 Å². The molecular formula is C10H14N2O2. The van der Waals surface area contributed by atoms with Crippen LogP contribution in [-0.2, 0) is 6.54 Å². The summed E-state index contributed by atoms with van der Waals surface area (Å²) >= 11 is 0. The highest BCUT2D eigenvalue weighted by Gasteiger charge is 2.07. The summed E-state index contributed by atoms with van der Waals surface area (Å²) in [4.78, 5) is 9.88. The highest BCUT2D eigenvalue weighted by molar-refractivity contribution is 5.14. The van der Waals surface area contributed by atoms with E-state index >= 15 is 0 Å². The second kappa shape index (κ2) is 5.34. The van der Waals surface area contributed by atoms with Crippen LogP contribution in [0.25, 0.3) is 0 Å². The van der Waals surface area contributed by atoms with Gasteiger partial charge < -0.3 is 5.32 Å². The molecule has 1 aromatic rings. The average molecular weight is 194 g/mol. The molecule has 0 amide bonds. The molecular weight excluding hydrogens is 180 g/mol. The minimum Gasteiger partial charge on any atom is -0.304 e. The van der Waals surface area contributed by atoms with Gasteiger partial charge in [0.05, 0.1) is 6.04 Å². The fourth-order valence-electron chi connectivity index (χ4n) is 1.18. The van der Waals surface area contributed by atoms with E-state index in [-0.39, 0.29) is 17.5 Å². The minimum absolute atomic E-state index is 0.0349. The van der Waals surface area contributed by atoms with E-state index in [1.54, 1.807) is 0 Å². The zero-order valence-electron chi connectivity index (χ0n) is 8.14. The second-order valence-electron chi connectivity index (χ2n) is 3.28. The Kier molecular flexibility index (Phi) is 4.07. The van der Waals surface area contributed by atoms with Crippen molar-refractivity contribution in [3.8, 4) is 0 Å². The van der Waals surface area contributed by atoms with E-state index in [2.05, 4.69) is 5.32 Å². The molecule has 4 heteroatoms. The summed E-state index contributed by atoms with van der Waals surface area (Å²) in [6, 6.07) is 9.75. The van der Waals surface area contributed by atoms with Crippen LogP contribution in [0.4, 0.5) is 0 Å². The average Bonchev–Trinajstić information content (AvgIpc) is 2.15. The first-order valence-electron chi connectivity index (χ1n) is 4.57. The van der Waals surface area contributed by atoms with Crippen molar-refractivity contribution in [1.29, 1.82) is 0 Å². The summed E-state index contributed by atoms with van der Waals surface area (Å²) in [7, 11) is 0. The lowest BCUT2D eigenvalue weighted by Crippen LogP contribution is -2.32. The third kappa shape index (κ3) is 4.00. The minimum atomic E-state index is -0.303. The van der Waals surface area contributed by atoms with E-state index in [0.717, 1.165) is 5.56 Å². The van der Waals surface area contributed by atoms with Crippen molar-refractivity contribution in [2.45, 2.75) is 19.5 Å². The van der Waals surface area contributed by atoms with Crippen LogP contribution >= 0.6 is 0 Å². The summed E-state index contributed by atoms with van der Waals surface area (Å²) in [5.74, 6) is 0. The molecule has 4 nitrogen and oxygen atoms in total. The van der Waals surface area contributed by atoms with Crippen LogP contribution in [0.15, 0.2) is 30.3 Å². The Balaban J connectivity index is 2.30. The van der Waals surface area contributed by atoms with Crippen molar-refractivity contribution in [1.82, 2.24) is 5.32 Å². The fourth-order valence-corrected chi connectivity index (χ4v) is 1.18. The molecule has 0 saturated carbocycles. The zero-order chi connectivity index (χ0) is 10.4. The lowest BCUT2D eigenvalue weighted by molar-refractivity contribution is -0.483. The Morgan fingerprint density at radius 3 is 2.64 bits per heavy atom. The van der Waals surface area contributed by atoms with Crippen LogP contribution in [0, 0.1) is 10.1 Å². The molecule has 0 saturated heterocycles. The first-order valence-corrected chi connectivity index (χ1v) is 4.57. The number of hydrogen-bond donors (Lipinski definition) is 1. The third-order valence-electron chi connectivity index (χ3n) is 1.92. The van der Waals surface area contributed by atoms with Gasteiger partial charge in [-0.2, -0.15) is 0 Å². The van der Waals surface area contributed by atoms with E-state index in [1.165, 1.54) is 0 Å². The first kappa shape index (κ1) is 10.7. The van der Waals surface area contributed by atoms with Crippen LogP contribution in [0.2, 0.25) is 0 Å². The normalized spacial score (nSPS) is 12.4. The van der Waals surface area contributed by atoms with Crippen LogP contribution in [0.5, 0.6) is 0 Å². The van der Waals surface area contributed by atoms with E-state index in [0.29, 0.717) is 6.54 Å². The monoisotopic (exact) mass is 194 g/mol. The summed E-state index contributed by atoms with van der Waals surface area (Å²) < 4.78 is 0. The molecule has 0 aliphatic carbocycles.